The van der Waals surface area contributed by atoms with Gasteiger partial charge in [-0.05, 0) is 49.4 Å². The van der Waals surface area contributed by atoms with Gasteiger partial charge in [-0.2, -0.15) is 4.72 Å². The van der Waals surface area contributed by atoms with Crippen molar-refractivity contribution in [3.05, 3.63) is 29.3 Å². The second-order valence-corrected chi connectivity index (χ2v) is 6.68. The molecule has 0 aromatic heterocycles. The summed E-state index contributed by atoms with van der Waals surface area (Å²) in [4.78, 5) is 11.0. The number of benzene rings is 1. The first-order valence-electron chi connectivity index (χ1n) is 6.36. The van der Waals surface area contributed by atoms with Crippen molar-refractivity contribution in [3.8, 4) is 0 Å². The van der Waals surface area contributed by atoms with Crippen LogP contribution < -0.4 is 4.72 Å². The van der Waals surface area contributed by atoms with Crippen molar-refractivity contribution in [2.75, 3.05) is 0 Å². The Hall–Kier alpha value is -1.44. The lowest BCUT2D eigenvalue weighted by atomic mass is 10.1. The van der Waals surface area contributed by atoms with E-state index < -0.39 is 28.1 Å². The predicted molar refractivity (Wildman–Crippen MR) is 71.9 cm³/mol. The Morgan fingerprint density at radius 3 is 2.55 bits per heavy atom. The van der Waals surface area contributed by atoms with Crippen molar-refractivity contribution in [3.63, 3.8) is 0 Å². The number of sulfonamides is 1. The van der Waals surface area contributed by atoms with Gasteiger partial charge in [-0.15, -0.1) is 0 Å². The molecule has 1 aromatic carbocycles. The third-order valence-electron chi connectivity index (χ3n) is 3.41. The number of aryl methyl sites for hydroxylation is 2. The fourth-order valence-corrected chi connectivity index (χ4v) is 3.62. The Morgan fingerprint density at radius 1 is 1.30 bits per heavy atom. The minimum absolute atomic E-state index is 0.0325. The molecule has 2 unspecified atom stereocenters. The van der Waals surface area contributed by atoms with Crippen molar-refractivity contribution >= 4 is 16.0 Å². The number of rotatable bonds is 5. The SMILES string of the molecule is CC(O)C(NS(=O)(=O)c1ccc2c(c1)CCC2)C(=O)O. The van der Waals surface area contributed by atoms with Crippen molar-refractivity contribution in [2.45, 2.75) is 43.2 Å². The molecule has 20 heavy (non-hydrogen) atoms. The Morgan fingerprint density at radius 2 is 1.95 bits per heavy atom. The summed E-state index contributed by atoms with van der Waals surface area (Å²) < 4.78 is 26.4. The Labute approximate surface area is 117 Å². The van der Waals surface area contributed by atoms with E-state index >= 15 is 0 Å². The van der Waals surface area contributed by atoms with E-state index in [0.29, 0.717) is 0 Å². The van der Waals surface area contributed by atoms with Gasteiger partial charge in [0.25, 0.3) is 0 Å². The molecular weight excluding hydrogens is 282 g/mol. The van der Waals surface area contributed by atoms with E-state index in [1.165, 1.54) is 13.0 Å². The summed E-state index contributed by atoms with van der Waals surface area (Å²) in [5, 5.41) is 18.3. The summed E-state index contributed by atoms with van der Waals surface area (Å²) >= 11 is 0. The molecule has 2 rings (SSSR count). The molecule has 1 aliphatic rings. The number of aliphatic hydroxyl groups excluding tert-OH is 1. The van der Waals surface area contributed by atoms with Crippen LogP contribution in [0, 0.1) is 0 Å². The number of carbonyl (C=O) groups is 1. The maximum absolute atomic E-state index is 12.2. The number of hydrogen-bond acceptors (Lipinski definition) is 4. The minimum atomic E-state index is -3.96. The van der Waals surface area contributed by atoms with Gasteiger partial charge in [0.05, 0.1) is 11.0 Å². The van der Waals surface area contributed by atoms with E-state index in [-0.39, 0.29) is 4.90 Å². The number of carboxylic acid groups (broad SMARTS) is 1. The average Bonchev–Trinajstić information content (AvgIpc) is 2.82. The number of fused-ring (bicyclic) bond motifs is 1. The number of aliphatic carboxylic acids is 1. The van der Waals surface area contributed by atoms with Gasteiger partial charge < -0.3 is 10.2 Å². The van der Waals surface area contributed by atoms with Crippen LogP contribution in [-0.4, -0.2) is 36.7 Å². The highest BCUT2D eigenvalue weighted by atomic mass is 32.2. The largest absolute Gasteiger partial charge is 0.480 e. The summed E-state index contributed by atoms with van der Waals surface area (Å²) in [5.41, 5.74) is 2.12. The zero-order valence-electron chi connectivity index (χ0n) is 11.0. The van der Waals surface area contributed by atoms with Crippen molar-refractivity contribution in [1.82, 2.24) is 4.72 Å². The summed E-state index contributed by atoms with van der Waals surface area (Å²) in [6, 6.07) is 3.24. The van der Waals surface area contributed by atoms with Gasteiger partial charge in [-0.25, -0.2) is 8.42 Å². The number of hydrogen-bond donors (Lipinski definition) is 3. The van der Waals surface area contributed by atoms with Crippen molar-refractivity contribution < 1.29 is 23.4 Å². The van der Waals surface area contributed by atoms with Crippen LogP contribution in [0.4, 0.5) is 0 Å². The molecule has 7 heteroatoms. The predicted octanol–water partition coefficient (Wildman–Crippen LogP) is 0.288. The van der Waals surface area contributed by atoms with Crippen LogP contribution in [0.3, 0.4) is 0 Å². The van der Waals surface area contributed by atoms with Gasteiger partial charge in [0.1, 0.15) is 6.04 Å². The van der Waals surface area contributed by atoms with Crippen LogP contribution in [0.5, 0.6) is 0 Å². The third-order valence-corrected chi connectivity index (χ3v) is 4.85. The molecule has 3 N–H and O–H groups in total. The first-order chi connectivity index (χ1) is 9.31. The Balaban J connectivity index is 2.28. The number of nitrogens with one attached hydrogen (secondary N) is 1. The topological polar surface area (TPSA) is 104 Å². The standard InChI is InChI=1S/C13H17NO5S/c1-8(15)12(13(16)17)14-20(18,19)11-6-5-9-3-2-4-10(9)7-11/h5-8,12,14-15H,2-4H2,1H3,(H,16,17). The number of aliphatic hydroxyl groups is 1. The second kappa shape index (κ2) is 5.51. The monoisotopic (exact) mass is 299 g/mol. The van der Waals surface area contributed by atoms with E-state index in [2.05, 4.69) is 0 Å². The van der Waals surface area contributed by atoms with Crippen molar-refractivity contribution in [2.24, 2.45) is 0 Å². The molecule has 0 fully saturated rings. The zero-order valence-corrected chi connectivity index (χ0v) is 11.9. The summed E-state index contributed by atoms with van der Waals surface area (Å²) in [6.07, 6.45) is 1.45. The van der Waals surface area contributed by atoms with Crippen LogP contribution in [0.1, 0.15) is 24.5 Å². The molecule has 1 aromatic rings. The quantitative estimate of drug-likeness (QED) is 0.725. The molecule has 0 heterocycles. The van der Waals surface area contributed by atoms with Gasteiger partial charge >= 0.3 is 5.97 Å². The minimum Gasteiger partial charge on any atom is -0.480 e. The Kier molecular flexibility index (Phi) is 4.12. The Bertz CT molecular complexity index is 624. The molecule has 0 aliphatic heterocycles. The van der Waals surface area contributed by atoms with Gasteiger partial charge in [0.15, 0.2) is 0 Å². The van der Waals surface area contributed by atoms with E-state index in [9.17, 15) is 18.3 Å². The van der Waals surface area contributed by atoms with Crippen LogP contribution in [0.2, 0.25) is 0 Å². The molecular formula is C13H17NO5S. The van der Waals surface area contributed by atoms with Gasteiger partial charge in [0, 0.05) is 0 Å². The zero-order chi connectivity index (χ0) is 14.9. The lowest BCUT2D eigenvalue weighted by Gasteiger charge is -2.17. The van der Waals surface area contributed by atoms with E-state index in [4.69, 9.17) is 5.11 Å². The van der Waals surface area contributed by atoms with E-state index in [1.807, 2.05) is 4.72 Å². The van der Waals surface area contributed by atoms with Crippen molar-refractivity contribution in [1.29, 1.82) is 0 Å². The molecule has 0 spiro atoms. The maximum atomic E-state index is 12.2. The molecule has 0 radical (unpaired) electrons. The smallest absolute Gasteiger partial charge is 0.324 e. The molecule has 0 amide bonds. The molecule has 0 saturated carbocycles. The second-order valence-electron chi connectivity index (χ2n) is 4.96. The third kappa shape index (κ3) is 3.00. The highest BCUT2D eigenvalue weighted by molar-refractivity contribution is 7.89. The van der Waals surface area contributed by atoms with Gasteiger partial charge in [-0.1, -0.05) is 6.07 Å². The maximum Gasteiger partial charge on any atom is 0.324 e. The fraction of sp³-hybridized carbons (Fsp3) is 0.462. The average molecular weight is 299 g/mol. The van der Waals surface area contributed by atoms with E-state index in [0.717, 1.165) is 30.4 Å². The molecule has 1 aliphatic carbocycles. The van der Waals surface area contributed by atoms with Crippen LogP contribution in [-0.2, 0) is 27.7 Å². The summed E-state index contributed by atoms with van der Waals surface area (Å²) in [5.74, 6) is -1.41. The first-order valence-corrected chi connectivity index (χ1v) is 7.84. The first kappa shape index (κ1) is 15.0. The molecule has 6 nitrogen and oxygen atoms in total. The fourth-order valence-electron chi connectivity index (χ4n) is 2.31. The van der Waals surface area contributed by atoms with Gasteiger partial charge in [-0.3, -0.25) is 4.79 Å². The number of carboxylic acids is 1. The summed E-state index contributed by atoms with van der Waals surface area (Å²) in [6.45, 7) is 1.23. The van der Waals surface area contributed by atoms with E-state index in [1.54, 1.807) is 12.1 Å². The van der Waals surface area contributed by atoms with Crippen LogP contribution >= 0.6 is 0 Å². The molecule has 110 valence electrons. The highest BCUT2D eigenvalue weighted by Gasteiger charge is 2.29. The molecule has 2 atom stereocenters. The van der Waals surface area contributed by atoms with Gasteiger partial charge in [0.2, 0.25) is 10.0 Å². The normalized spacial score (nSPS) is 17.5. The van der Waals surface area contributed by atoms with Crippen LogP contribution in [0.25, 0.3) is 0 Å². The molecule has 0 saturated heterocycles. The lowest BCUT2D eigenvalue weighted by Crippen LogP contribution is -2.47. The summed E-state index contributed by atoms with van der Waals surface area (Å²) in [7, 11) is -3.96. The van der Waals surface area contributed by atoms with Crippen LogP contribution in [0.15, 0.2) is 23.1 Å². The lowest BCUT2D eigenvalue weighted by molar-refractivity contribution is -0.141. The molecule has 0 bridgehead atoms. The highest BCUT2D eigenvalue weighted by Crippen LogP contribution is 2.24.